The summed E-state index contributed by atoms with van der Waals surface area (Å²) >= 11 is 0. The molecule has 2 fully saturated rings. The fourth-order valence-corrected chi connectivity index (χ4v) is 2.85. The summed E-state index contributed by atoms with van der Waals surface area (Å²) in [5.41, 5.74) is 0. The van der Waals surface area contributed by atoms with Gasteiger partial charge in [-0.05, 0) is 12.1 Å². The summed E-state index contributed by atoms with van der Waals surface area (Å²) in [7, 11) is 1.76. The number of hydrogen-bond donors (Lipinski definition) is 2. The molecule has 1 aromatic heterocycles. The molecule has 0 amide bonds. The first-order valence-electron chi connectivity index (χ1n) is 8.16. The molecule has 7 nitrogen and oxygen atoms in total. The minimum Gasteiger partial charge on any atom is -0.469 e. The predicted molar refractivity (Wildman–Crippen MR) is 101 cm³/mol. The number of ether oxygens (including phenoxy) is 3. The van der Waals surface area contributed by atoms with Crippen LogP contribution in [0.5, 0.6) is 0 Å². The zero-order valence-corrected chi connectivity index (χ0v) is 16.3. The standard InChI is InChI=1S/C16H25N3O4.HI/c1-17-15(18-7-4-13-3-2-8-21-13)19-11-14-12-22-16(23-14)5-9-20-10-6-16;/h2-3,8,14H,4-7,9-12H2,1H3,(H2,17,18,19);1H. The predicted octanol–water partition coefficient (Wildman–Crippen LogP) is 1.53. The van der Waals surface area contributed by atoms with Crippen molar-refractivity contribution in [2.45, 2.75) is 31.2 Å². The van der Waals surface area contributed by atoms with Gasteiger partial charge in [-0.3, -0.25) is 4.99 Å². The first-order valence-corrected chi connectivity index (χ1v) is 8.16. The highest BCUT2D eigenvalue weighted by Crippen LogP contribution is 2.32. The topological polar surface area (TPSA) is 77.3 Å². The third kappa shape index (κ3) is 5.33. The van der Waals surface area contributed by atoms with Gasteiger partial charge in [0.05, 0.1) is 26.1 Å². The van der Waals surface area contributed by atoms with E-state index in [1.165, 1.54) is 0 Å². The highest BCUT2D eigenvalue weighted by molar-refractivity contribution is 14.0. The largest absolute Gasteiger partial charge is 0.469 e. The van der Waals surface area contributed by atoms with Crippen LogP contribution in [0.2, 0.25) is 0 Å². The average Bonchev–Trinajstić information content (AvgIpc) is 3.22. The summed E-state index contributed by atoms with van der Waals surface area (Å²) in [6.45, 7) is 3.45. The minimum absolute atomic E-state index is 0. The lowest BCUT2D eigenvalue weighted by atomic mass is 10.1. The summed E-state index contributed by atoms with van der Waals surface area (Å²) in [4.78, 5) is 4.22. The van der Waals surface area contributed by atoms with Crippen molar-refractivity contribution in [1.29, 1.82) is 0 Å². The van der Waals surface area contributed by atoms with E-state index < -0.39 is 5.79 Å². The van der Waals surface area contributed by atoms with Gasteiger partial charge >= 0.3 is 0 Å². The molecular formula is C16H26IN3O4. The summed E-state index contributed by atoms with van der Waals surface area (Å²) in [5, 5.41) is 6.55. The summed E-state index contributed by atoms with van der Waals surface area (Å²) < 4.78 is 22.6. The lowest BCUT2D eigenvalue weighted by Gasteiger charge is -2.31. The van der Waals surface area contributed by atoms with Crippen LogP contribution in [0.1, 0.15) is 18.6 Å². The van der Waals surface area contributed by atoms with Gasteiger partial charge in [-0.25, -0.2) is 0 Å². The zero-order chi connectivity index (χ0) is 16.0. The molecule has 1 unspecified atom stereocenters. The van der Waals surface area contributed by atoms with Crippen molar-refractivity contribution in [2.75, 3.05) is 40.0 Å². The molecule has 0 bridgehead atoms. The van der Waals surface area contributed by atoms with Crippen molar-refractivity contribution in [3.05, 3.63) is 24.2 Å². The number of furan rings is 1. The first kappa shape index (κ1) is 19.5. The third-order valence-corrected chi connectivity index (χ3v) is 4.13. The van der Waals surface area contributed by atoms with Gasteiger partial charge in [0.2, 0.25) is 0 Å². The smallest absolute Gasteiger partial charge is 0.191 e. The first-order chi connectivity index (χ1) is 11.3. The molecule has 3 rings (SSSR count). The number of nitrogens with one attached hydrogen (secondary N) is 2. The van der Waals surface area contributed by atoms with Crippen LogP contribution in [0.15, 0.2) is 27.8 Å². The second-order valence-electron chi connectivity index (χ2n) is 5.78. The molecule has 3 heterocycles. The van der Waals surface area contributed by atoms with Crippen molar-refractivity contribution >= 4 is 29.9 Å². The van der Waals surface area contributed by atoms with Gasteiger partial charge in [-0.2, -0.15) is 0 Å². The van der Waals surface area contributed by atoms with Crippen LogP contribution in [0.3, 0.4) is 0 Å². The average molecular weight is 451 g/mol. The fraction of sp³-hybridized carbons (Fsp3) is 0.688. The van der Waals surface area contributed by atoms with Crippen LogP contribution < -0.4 is 10.6 Å². The molecule has 2 saturated heterocycles. The number of guanidine groups is 1. The Kier molecular flexibility index (Phi) is 7.79. The fourth-order valence-electron chi connectivity index (χ4n) is 2.85. The molecule has 2 N–H and O–H groups in total. The Morgan fingerprint density at radius 1 is 1.33 bits per heavy atom. The monoisotopic (exact) mass is 451 g/mol. The normalized spacial score (nSPS) is 23.0. The zero-order valence-electron chi connectivity index (χ0n) is 14.0. The van der Waals surface area contributed by atoms with Crippen LogP contribution in [0.25, 0.3) is 0 Å². The van der Waals surface area contributed by atoms with E-state index in [4.69, 9.17) is 18.6 Å². The van der Waals surface area contributed by atoms with Crippen molar-refractivity contribution in [2.24, 2.45) is 4.99 Å². The van der Waals surface area contributed by atoms with E-state index in [0.29, 0.717) is 26.4 Å². The van der Waals surface area contributed by atoms with Gasteiger partial charge in [0.1, 0.15) is 11.9 Å². The number of hydrogen-bond acceptors (Lipinski definition) is 5. The number of aliphatic imine (C=N–C) groups is 1. The van der Waals surface area contributed by atoms with Crippen LogP contribution >= 0.6 is 24.0 Å². The maximum atomic E-state index is 6.09. The Balaban J connectivity index is 0.00000208. The van der Waals surface area contributed by atoms with E-state index in [2.05, 4.69) is 15.6 Å². The van der Waals surface area contributed by atoms with Crippen molar-refractivity contribution < 1.29 is 18.6 Å². The lowest BCUT2D eigenvalue weighted by molar-refractivity contribution is -0.210. The van der Waals surface area contributed by atoms with Gasteiger partial charge in [0.15, 0.2) is 11.7 Å². The van der Waals surface area contributed by atoms with Crippen LogP contribution in [0, 0.1) is 0 Å². The van der Waals surface area contributed by atoms with Gasteiger partial charge < -0.3 is 29.3 Å². The molecule has 136 valence electrons. The quantitative estimate of drug-likeness (QED) is 0.402. The second kappa shape index (κ2) is 9.59. The van der Waals surface area contributed by atoms with Gasteiger partial charge in [0, 0.05) is 39.4 Å². The summed E-state index contributed by atoms with van der Waals surface area (Å²) in [5.74, 6) is 1.29. The number of nitrogens with zero attached hydrogens (tertiary/aromatic N) is 1. The second-order valence-corrected chi connectivity index (χ2v) is 5.78. The highest BCUT2D eigenvalue weighted by Gasteiger charge is 2.42. The summed E-state index contributed by atoms with van der Waals surface area (Å²) in [6.07, 6.45) is 4.15. The van der Waals surface area contributed by atoms with Crippen LogP contribution in [0.4, 0.5) is 0 Å². The van der Waals surface area contributed by atoms with Gasteiger partial charge in [-0.1, -0.05) is 0 Å². The molecule has 0 saturated carbocycles. The van der Waals surface area contributed by atoms with Crippen LogP contribution in [-0.4, -0.2) is 57.8 Å². The number of halogens is 1. The van der Waals surface area contributed by atoms with Gasteiger partial charge in [0.25, 0.3) is 0 Å². The molecule has 0 aliphatic carbocycles. The molecule has 24 heavy (non-hydrogen) atoms. The van der Waals surface area contributed by atoms with Gasteiger partial charge in [-0.15, -0.1) is 24.0 Å². The molecular weight excluding hydrogens is 425 g/mol. The number of rotatable bonds is 5. The van der Waals surface area contributed by atoms with E-state index >= 15 is 0 Å². The Morgan fingerprint density at radius 3 is 2.88 bits per heavy atom. The van der Waals surface area contributed by atoms with E-state index in [9.17, 15) is 0 Å². The molecule has 1 atom stereocenters. The van der Waals surface area contributed by atoms with E-state index in [1.807, 2.05) is 12.1 Å². The molecule has 0 radical (unpaired) electrons. The lowest BCUT2D eigenvalue weighted by Crippen LogP contribution is -2.43. The maximum Gasteiger partial charge on any atom is 0.191 e. The molecule has 2 aliphatic heterocycles. The molecule has 8 heteroatoms. The summed E-state index contributed by atoms with van der Waals surface area (Å²) in [6, 6.07) is 3.86. The highest BCUT2D eigenvalue weighted by atomic mass is 127. The minimum atomic E-state index is -0.430. The Bertz CT molecular complexity index is 503. The van der Waals surface area contributed by atoms with E-state index in [-0.39, 0.29) is 30.1 Å². The van der Waals surface area contributed by atoms with Crippen molar-refractivity contribution in [3.63, 3.8) is 0 Å². The van der Waals surface area contributed by atoms with Crippen molar-refractivity contribution in [3.8, 4) is 0 Å². The Hall–Kier alpha value is -0.840. The molecule has 0 aromatic carbocycles. The van der Waals surface area contributed by atoms with Crippen molar-refractivity contribution in [1.82, 2.24) is 10.6 Å². The molecule has 1 aromatic rings. The van der Waals surface area contributed by atoms with E-state index in [1.54, 1.807) is 13.3 Å². The Labute approximate surface area is 159 Å². The molecule has 1 spiro atoms. The SMILES string of the molecule is CN=C(NCCc1ccco1)NCC1COC2(CCOCC2)O1.I. The Morgan fingerprint density at radius 2 is 2.17 bits per heavy atom. The maximum absolute atomic E-state index is 6.09. The third-order valence-electron chi connectivity index (χ3n) is 4.13. The molecule has 2 aliphatic rings. The van der Waals surface area contributed by atoms with Crippen LogP contribution in [-0.2, 0) is 20.6 Å². The van der Waals surface area contributed by atoms with E-state index in [0.717, 1.165) is 37.5 Å².